The first-order valence-corrected chi connectivity index (χ1v) is 23.9. The molecule has 0 saturated carbocycles. The number of anilines is 2. The Hall–Kier alpha value is -6.50. The number of hydrogen-bond acceptors (Lipinski definition) is 4. The van der Waals surface area contributed by atoms with Crippen molar-refractivity contribution >= 4 is 29.5 Å². The fraction of sp³-hybridized carbons (Fsp3) is 0.237. The number of fused-ring (bicyclic) bond motifs is 4. The third kappa shape index (κ3) is 8.21. The van der Waals surface area contributed by atoms with Gasteiger partial charge < -0.3 is 0 Å². The molecule has 0 bridgehead atoms. The number of hydrogen-bond donors (Lipinski definition) is 0. The van der Waals surface area contributed by atoms with E-state index < -0.39 is 65.8 Å². The second-order valence-electron chi connectivity index (χ2n) is 20.2. The summed E-state index contributed by atoms with van der Waals surface area (Å²) in [6.07, 6.45) is 2.57. The standard InChI is InChI=1S/C59H57BN6O.Pt/c1-11-60-65(55-35-42(31-32-61-55)57(2,3)4)52-37-46(29-30-47(52)53-38-54(59(8,9)10)62-66(53)60)67-45-26-20-25-44(36-45)63-39-64(51-28-19-18-27-50(51)63)56-48(40-21-14-12-15-22-40)33-43(58(5,6)7)34-49(56)41-23-16-13-17-24-41;/h12-35,38H,11H2,1-10H3;/q-2;/i12D,13D,14D,15D,16D,17D,21D,22D,23D,24D;. The van der Waals surface area contributed by atoms with Crippen LogP contribution < -0.4 is 9.55 Å². The third-order valence-electron chi connectivity index (χ3n) is 12.4. The van der Waals surface area contributed by atoms with Crippen molar-refractivity contribution in [3.05, 3.63) is 184 Å². The van der Waals surface area contributed by atoms with Gasteiger partial charge in [0, 0.05) is 11.6 Å². The molecule has 9 aromatic rings. The monoisotopic (exact) mass is 1080 g/mol. The summed E-state index contributed by atoms with van der Waals surface area (Å²) in [5, 5.41) is 5.20. The zero-order valence-electron chi connectivity index (χ0n) is 49.9. The second-order valence-corrected chi connectivity index (χ2v) is 21.2. The van der Waals surface area contributed by atoms with E-state index in [2.05, 4.69) is 108 Å². The fourth-order valence-corrected chi connectivity index (χ4v) is 9.84. The molecule has 0 spiro atoms. The molecule has 0 aliphatic carbocycles. The number of para-hydroxylation sites is 2. The van der Waals surface area contributed by atoms with Crippen LogP contribution in [-0.2, 0) is 35.6 Å². The van der Waals surface area contributed by atoms with E-state index in [0.29, 0.717) is 43.9 Å². The molecule has 344 valence electrons. The summed E-state index contributed by atoms with van der Waals surface area (Å²) in [6, 6.07) is 29.0. The molecule has 0 unspecified atom stereocenters. The first kappa shape index (κ1) is 34.7. The third-order valence-corrected chi connectivity index (χ3v) is 13.4. The van der Waals surface area contributed by atoms with Crippen LogP contribution in [0.1, 0.15) is 99.8 Å². The van der Waals surface area contributed by atoms with Gasteiger partial charge in [-0.2, -0.15) is 5.10 Å². The van der Waals surface area contributed by atoms with Gasteiger partial charge in [-0.15, -0.1) is 0 Å². The molecule has 1 aliphatic heterocycles. The molecule has 9 heteroatoms. The van der Waals surface area contributed by atoms with Crippen molar-refractivity contribution in [1.29, 1.82) is 0 Å². The predicted octanol–water partition coefficient (Wildman–Crippen LogP) is 14.9. The normalized spacial score (nSPS) is 15.0. The number of pyridine rings is 1. The average Bonchev–Trinajstić information content (AvgIpc) is 4.18. The van der Waals surface area contributed by atoms with Gasteiger partial charge in [-0.05, 0) is 17.0 Å². The van der Waals surface area contributed by atoms with Crippen LogP contribution in [0, 0.1) is 15.9 Å². The Balaban J connectivity index is 1.19. The number of aromatic nitrogens is 5. The van der Waals surface area contributed by atoms with Gasteiger partial charge in [0.1, 0.15) is 0 Å². The molecular weight excluding hydrogens is 1010 g/mol. The average molecular weight is 1080 g/mol. The maximum atomic E-state index is 9.32. The Labute approximate surface area is 426 Å². The van der Waals surface area contributed by atoms with Crippen molar-refractivity contribution in [2.45, 2.75) is 91.8 Å². The van der Waals surface area contributed by atoms with Crippen molar-refractivity contribution in [2.75, 3.05) is 4.81 Å². The summed E-state index contributed by atoms with van der Waals surface area (Å²) in [5.41, 5.74) is 6.70. The Morgan fingerprint density at radius 2 is 1.26 bits per heavy atom. The van der Waals surface area contributed by atoms with Gasteiger partial charge in [-0.3, -0.25) is 0 Å². The number of ether oxygens (including phenoxy) is 1. The molecule has 0 fully saturated rings. The summed E-state index contributed by atoms with van der Waals surface area (Å²) in [5.74, 6) is 1.57. The summed E-state index contributed by atoms with van der Waals surface area (Å²) >= 11 is 2.18. The van der Waals surface area contributed by atoms with E-state index in [1.54, 1.807) is 12.1 Å². The molecule has 68 heavy (non-hydrogen) atoms. The van der Waals surface area contributed by atoms with E-state index in [1.165, 1.54) is 0 Å². The molecule has 3 aromatic heterocycles. The molecule has 7 nitrogen and oxygen atoms in total. The molecule has 6 aromatic carbocycles. The minimum absolute atomic E-state index is 0.111. The van der Waals surface area contributed by atoms with Gasteiger partial charge in [0.2, 0.25) is 0 Å². The summed E-state index contributed by atoms with van der Waals surface area (Å²) in [6.45, 7) is 20.8. The number of benzene rings is 6. The first-order valence-electron chi connectivity index (χ1n) is 27.8. The van der Waals surface area contributed by atoms with Crippen LogP contribution in [0.2, 0.25) is 6.32 Å². The SMILES string of the molecule is [2H]c1c([2H])c([2H])c(-c2cc(C(C)(C)C)cc(-c3c([2H])c([2H])c([2H])c([2H])c3[2H])c2-n2[c](=[Pt])n(-c3[c-]c(Oc4[c-]c5c(cc4)-c4cc(C(C)(C)C)nn4B(CC)N5c4cc(C(C)(C)C)ccn4)ccc3)c3ccccc32)c([2H])c1[2H]. The summed E-state index contributed by atoms with van der Waals surface area (Å²) in [4.78, 5) is 7.14. The molecule has 1 aliphatic rings. The predicted molar refractivity (Wildman–Crippen MR) is 276 cm³/mol. The second kappa shape index (κ2) is 17.2. The quantitative estimate of drug-likeness (QED) is 0.112. The number of rotatable bonds is 8. The molecule has 0 atom stereocenters. The van der Waals surface area contributed by atoms with Gasteiger partial charge in [-0.25, -0.2) is 0 Å². The Morgan fingerprint density at radius 1 is 0.647 bits per heavy atom. The first-order chi connectivity index (χ1) is 36.6. The fourth-order valence-electron chi connectivity index (χ4n) is 8.76. The number of nitrogens with zero attached hydrogens (tertiary/aromatic N) is 6. The summed E-state index contributed by atoms with van der Waals surface area (Å²) < 4.78 is 103. The van der Waals surface area contributed by atoms with E-state index in [0.717, 1.165) is 34.0 Å². The van der Waals surface area contributed by atoms with E-state index in [9.17, 15) is 5.48 Å². The topological polar surface area (TPSA) is 53.0 Å². The van der Waals surface area contributed by atoms with E-state index in [1.807, 2.05) is 90.7 Å². The molecular formula is C59H57BN6OPt-2. The Morgan fingerprint density at radius 3 is 1.87 bits per heavy atom. The van der Waals surface area contributed by atoms with E-state index in [-0.39, 0.29) is 45.8 Å². The molecule has 0 saturated heterocycles. The molecule has 4 heterocycles. The Bertz CT molecular complexity index is 3870. The Kier molecular flexibility index (Phi) is 8.80. The molecule has 0 amide bonds. The minimum atomic E-state index is -0.637. The molecule has 0 N–H and O–H groups in total. The summed E-state index contributed by atoms with van der Waals surface area (Å²) in [7, 11) is 0. The van der Waals surface area contributed by atoms with Crippen molar-refractivity contribution in [1.82, 2.24) is 23.8 Å². The van der Waals surface area contributed by atoms with Crippen LogP contribution >= 0.6 is 0 Å². The number of imidazole rings is 1. The van der Waals surface area contributed by atoms with E-state index in [4.69, 9.17) is 23.0 Å². The zero-order chi connectivity index (χ0) is 56.4. The maximum absolute atomic E-state index is 9.32. The van der Waals surface area contributed by atoms with Gasteiger partial charge in [0.05, 0.1) is 5.69 Å². The van der Waals surface area contributed by atoms with Crippen LogP contribution in [0.4, 0.5) is 11.5 Å². The van der Waals surface area contributed by atoms with Crippen molar-refractivity contribution < 1.29 is 37.8 Å². The van der Waals surface area contributed by atoms with Crippen molar-refractivity contribution in [3.8, 4) is 56.4 Å². The van der Waals surface area contributed by atoms with Crippen LogP contribution in [-0.4, -0.2) is 30.8 Å². The van der Waals surface area contributed by atoms with Crippen LogP contribution in [0.15, 0.2) is 152 Å². The van der Waals surface area contributed by atoms with Crippen molar-refractivity contribution in [3.63, 3.8) is 0 Å². The molecule has 10 rings (SSSR count). The van der Waals surface area contributed by atoms with Gasteiger partial charge in [-0.1, -0.05) is 48.5 Å². The molecule has 0 radical (unpaired) electrons. The van der Waals surface area contributed by atoms with Gasteiger partial charge in [0.25, 0.3) is 0 Å². The zero-order valence-corrected chi connectivity index (χ0v) is 42.1. The van der Waals surface area contributed by atoms with Gasteiger partial charge >= 0.3 is 341 Å². The van der Waals surface area contributed by atoms with Crippen LogP contribution in [0.3, 0.4) is 0 Å². The van der Waals surface area contributed by atoms with Gasteiger partial charge in [0.15, 0.2) is 0 Å². The van der Waals surface area contributed by atoms with E-state index >= 15 is 0 Å². The van der Waals surface area contributed by atoms with Crippen LogP contribution in [0.25, 0.3) is 55.9 Å². The van der Waals surface area contributed by atoms with Crippen LogP contribution in [0.5, 0.6) is 11.5 Å². The van der Waals surface area contributed by atoms with Crippen molar-refractivity contribution in [2.24, 2.45) is 0 Å².